The molecule has 20 heavy (non-hydrogen) atoms. The van der Waals surface area contributed by atoms with Gasteiger partial charge >= 0.3 is 0 Å². The van der Waals surface area contributed by atoms with Gasteiger partial charge in [0.25, 0.3) is 0 Å². The van der Waals surface area contributed by atoms with Crippen LogP contribution in [0.1, 0.15) is 25.8 Å². The number of rotatable bonds is 7. The first-order valence-corrected chi connectivity index (χ1v) is 7.65. The van der Waals surface area contributed by atoms with Crippen molar-refractivity contribution in [2.45, 2.75) is 38.9 Å². The van der Waals surface area contributed by atoms with Crippen LogP contribution in [-0.2, 0) is 11.3 Å². The van der Waals surface area contributed by atoms with Gasteiger partial charge in [-0.15, -0.1) is 0 Å². The molecular formula is C15H24BrN3O. The minimum absolute atomic E-state index is 0.0531. The number of halogens is 1. The fraction of sp³-hybridized carbons (Fsp3) is 0.533. The summed E-state index contributed by atoms with van der Waals surface area (Å²) in [4.78, 5) is 14.0. The van der Waals surface area contributed by atoms with E-state index in [1.165, 1.54) is 5.56 Å². The Hall–Kier alpha value is -0.910. The maximum atomic E-state index is 11.8. The number of carbonyl (C=O) groups is 1. The number of benzene rings is 1. The highest BCUT2D eigenvalue weighted by Gasteiger charge is 2.17. The molecule has 0 aromatic heterocycles. The number of nitrogens with zero attached hydrogens (tertiary/aromatic N) is 1. The number of hydrogen-bond acceptors (Lipinski definition) is 3. The Kier molecular flexibility index (Phi) is 7.19. The third-order valence-electron chi connectivity index (χ3n) is 3.11. The summed E-state index contributed by atoms with van der Waals surface area (Å²) in [6.07, 6.45) is 0.432. The van der Waals surface area contributed by atoms with E-state index in [0.29, 0.717) is 13.0 Å². The highest BCUT2D eigenvalue weighted by molar-refractivity contribution is 9.10. The molecule has 0 aliphatic rings. The number of nitrogens with two attached hydrogens (primary N) is 1. The predicted octanol–water partition coefficient (Wildman–Crippen LogP) is 2.12. The number of hydrogen-bond donors (Lipinski definition) is 2. The highest BCUT2D eigenvalue weighted by Crippen LogP contribution is 2.13. The zero-order chi connectivity index (χ0) is 15.1. The molecule has 1 amide bonds. The largest absolute Gasteiger partial charge is 0.354 e. The standard InChI is InChI=1S/C15H24BrN3O/c1-11(2)18-15(20)8-14(9-17)19(3)10-12-4-6-13(16)7-5-12/h4-7,11,14H,8-10,17H2,1-3H3,(H,18,20). The molecule has 0 radical (unpaired) electrons. The van der Waals surface area contributed by atoms with Crippen molar-refractivity contribution >= 4 is 21.8 Å². The van der Waals surface area contributed by atoms with Crippen LogP contribution in [0.15, 0.2) is 28.7 Å². The van der Waals surface area contributed by atoms with Crippen LogP contribution in [0.25, 0.3) is 0 Å². The summed E-state index contributed by atoms with van der Waals surface area (Å²) in [5, 5.41) is 2.91. The Labute approximate surface area is 129 Å². The topological polar surface area (TPSA) is 58.4 Å². The SMILES string of the molecule is CC(C)NC(=O)CC(CN)N(C)Cc1ccc(Br)cc1. The van der Waals surface area contributed by atoms with Gasteiger partial charge in [0.2, 0.25) is 5.91 Å². The van der Waals surface area contributed by atoms with Gasteiger partial charge in [0.1, 0.15) is 0 Å². The average molecular weight is 342 g/mol. The van der Waals surface area contributed by atoms with Crippen LogP contribution in [0.3, 0.4) is 0 Å². The van der Waals surface area contributed by atoms with Crippen molar-refractivity contribution in [3.05, 3.63) is 34.3 Å². The van der Waals surface area contributed by atoms with E-state index in [1.807, 2.05) is 33.0 Å². The van der Waals surface area contributed by atoms with Crippen LogP contribution in [0.4, 0.5) is 0 Å². The smallest absolute Gasteiger partial charge is 0.221 e. The van der Waals surface area contributed by atoms with Gasteiger partial charge in [-0.25, -0.2) is 0 Å². The molecule has 0 saturated heterocycles. The Balaban J connectivity index is 2.55. The molecule has 3 N–H and O–H groups in total. The Morgan fingerprint density at radius 3 is 2.45 bits per heavy atom. The van der Waals surface area contributed by atoms with Crippen molar-refractivity contribution in [1.82, 2.24) is 10.2 Å². The first-order valence-electron chi connectivity index (χ1n) is 6.86. The molecule has 0 aliphatic carbocycles. The summed E-state index contributed by atoms with van der Waals surface area (Å²) >= 11 is 3.42. The fourth-order valence-electron chi connectivity index (χ4n) is 2.02. The minimum Gasteiger partial charge on any atom is -0.354 e. The van der Waals surface area contributed by atoms with E-state index < -0.39 is 0 Å². The molecule has 5 heteroatoms. The molecule has 0 saturated carbocycles. The van der Waals surface area contributed by atoms with Crippen LogP contribution < -0.4 is 11.1 Å². The van der Waals surface area contributed by atoms with E-state index in [4.69, 9.17) is 5.73 Å². The molecule has 0 bridgehead atoms. The normalized spacial score (nSPS) is 12.8. The van der Waals surface area contributed by atoms with Gasteiger partial charge in [-0.2, -0.15) is 0 Å². The van der Waals surface area contributed by atoms with Crippen molar-refractivity contribution in [3.63, 3.8) is 0 Å². The zero-order valence-electron chi connectivity index (χ0n) is 12.4. The lowest BCUT2D eigenvalue weighted by molar-refractivity contribution is -0.122. The third kappa shape index (κ3) is 6.03. The molecule has 1 rings (SSSR count). The molecule has 1 aromatic carbocycles. The molecule has 4 nitrogen and oxygen atoms in total. The Morgan fingerprint density at radius 2 is 1.95 bits per heavy atom. The van der Waals surface area contributed by atoms with E-state index in [1.54, 1.807) is 0 Å². The molecule has 0 fully saturated rings. The van der Waals surface area contributed by atoms with Crippen LogP contribution in [0.5, 0.6) is 0 Å². The van der Waals surface area contributed by atoms with Crippen LogP contribution >= 0.6 is 15.9 Å². The van der Waals surface area contributed by atoms with Crippen LogP contribution in [-0.4, -0.2) is 36.5 Å². The number of carbonyl (C=O) groups excluding carboxylic acids is 1. The van der Waals surface area contributed by atoms with E-state index in [9.17, 15) is 4.79 Å². The van der Waals surface area contributed by atoms with E-state index in [-0.39, 0.29) is 18.0 Å². The second-order valence-corrected chi connectivity index (χ2v) is 6.27. The molecule has 112 valence electrons. The number of likely N-dealkylation sites (N-methyl/N-ethyl adjacent to an activating group) is 1. The van der Waals surface area contributed by atoms with Gasteiger partial charge in [0.15, 0.2) is 0 Å². The van der Waals surface area contributed by atoms with E-state index in [0.717, 1.165) is 11.0 Å². The second-order valence-electron chi connectivity index (χ2n) is 5.36. The molecule has 0 heterocycles. The van der Waals surface area contributed by atoms with Crippen molar-refractivity contribution in [3.8, 4) is 0 Å². The summed E-state index contributed by atoms with van der Waals surface area (Å²) in [6, 6.07) is 8.40. The second kappa shape index (κ2) is 8.39. The van der Waals surface area contributed by atoms with Crippen molar-refractivity contribution in [2.75, 3.05) is 13.6 Å². The Morgan fingerprint density at radius 1 is 1.35 bits per heavy atom. The summed E-state index contributed by atoms with van der Waals surface area (Å²) in [5.74, 6) is 0.0538. The average Bonchev–Trinajstić information content (AvgIpc) is 2.37. The molecule has 1 aromatic rings. The predicted molar refractivity (Wildman–Crippen MR) is 86.3 cm³/mol. The van der Waals surface area contributed by atoms with Crippen molar-refractivity contribution in [2.24, 2.45) is 5.73 Å². The minimum atomic E-state index is 0.0531. The van der Waals surface area contributed by atoms with Gasteiger partial charge in [0.05, 0.1) is 0 Å². The zero-order valence-corrected chi connectivity index (χ0v) is 14.0. The number of nitrogens with one attached hydrogen (secondary N) is 1. The lowest BCUT2D eigenvalue weighted by Crippen LogP contribution is -2.42. The van der Waals surface area contributed by atoms with Crippen molar-refractivity contribution < 1.29 is 4.79 Å². The van der Waals surface area contributed by atoms with Gasteiger partial charge in [-0.1, -0.05) is 28.1 Å². The van der Waals surface area contributed by atoms with Crippen molar-refractivity contribution in [1.29, 1.82) is 0 Å². The summed E-state index contributed by atoms with van der Waals surface area (Å²) < 4.78 is 1.07. The van der Waals surface area contributed by atoms with Gasteiger partial charge in [-0.3, -0.25) is 9.69 Å². The molecule has 0 aliphatic heterocycles. The summed E-state index contributed by atoms with van der Waals surface area (Å²) in [7, 11) is 2.00. The first kappa shape index (κ1) is 17.1. The lowest BCUT2D eigenvalue weighted by Gasteiger charge is -2.27. The molecule has 1 atom stereocenters. The monoisotopic (exact) mass is 341 g/mol. The van der Waals surface area contributed by atoms with Gasteiger partial charge in [-0.05, 0) is 38.6 Å². The van der Waals surface area contributed by atoms with Gasteiger partial charge in [0, 0.05) is 36.1 Å². The lowest BCUT2D eigenvalue weighted by atomic mass is 10.1. The fourth-order valence-corrected chi connectivity index (χ4v) is 2.29. The van der Waals surface area contributed by atoms with Gasteiger partial charge < -0.3 is 11.1 Å². The maximum Gasteiger partial charge on any atom is 0.221 e. The molecule has 0 spiro atoms. The molecule has 1 unspecified atom stereocenters. The molecular weight excluding hydrogens is 318 g/mol. The number of amides is 1. The van der Waals surface area contributed by atoms with Crippen LogP contribution in [0, 0.1) is 0 Å². The Bertz CT molecular complexity index is 420. The quantitative estimate of drug-likeness (QED) is 0.798. The van der Waals surface area contributed by atoms with E-state index in [2.05, 4.69) is 38.3 Å². The van der Waals surface area contributed by atoms with E-state index >= 15 is 0 Å². The summed E-state index contributed by atoms with van der Waals surface area (Å²) in [6.45, 7) is 5.17. The summed E-state index contributed by atoms with van der Waals surface area (Å²) in [5.41, 5.74) is 7.01. The first-order chi connectivity index (χ1) is 9.42. The third-order valence-corrected chi connectivity index (χ3v) is 3.64. The van der Waals surface area contributed by atoms with Crippen LogP contribution in [0.2, 0.25) is 0 Å². The maximum absolute atomic E-state index is 11.8. The highest BCUT2D eigenvalue weighted by atomic mass is 79.9.